The molecule has 1 aromatic carbocycles. The van der Waals surface area contributed by atoms with E-state index in [0.717, 1.165) is 5.88 Å². The molecule has 0 amide bonds. The molecule has 0 atom stereocenters. The van der Waals surface area contributed by atoms with Gasteiger partial charge in [-0.05, 0) is 0 Å². The van der Waals surface area contributed by atoms with Gasteiger partial charge in [-0.2, -0.15) is 0 Å². The molecular formula is C24H37NOSn. The van der Waals surface area contributed by atoms with Gasteiger partial charge in [-0.3, -0.25) is 0 Å². The van der Waals surface area contributed by atoms with Crippen LogP contribution in [0.1, 0.15) is 64.9 Å². The zero-order chi connectivity index (χ0) is 19.4. The van der Waals surface area contributed by atoms with Crippen LogP contribution in [0.2, 0.25) is 13.3 Å². The Kier molecular flexibility index (Phi) is 10.2. The van der Waals surface area contributed by atoms with E-state index in [1.165, 1.54) is 61.1 Å². The molecule has 148 valence electrons. The van der Waals surface area contributed by atoms with Gasteiger partial charge < -0.3 is 0 Å². The first kappa shape index (κ1) is 22.3. The predicted molar refractivity (Wildman–Crippen MR) is 120 cm³/mol. The second kappa shape index (κ2) is 12.4. The van der Waals surface area contributed by atoms with Gasteiger partial charge >= 0.3 is 171 Å². The van der Waals surface area contributed by atoms with Crippen LogP contribution in [-0.4, -0.2) is 23.4 Å². The van der Waals surface area contributed by atoms with Crippen LogP contribution >= 0.6 is 0 Å². The van der Waals surface area contributed by atoms with E-state index in [1.54, 1.807) is 0 Å². The van der Waals surface area contributed by atoms with Crippen molar-refractivity contribution in [2.45, 2.75) is 79.2 Å². The molecule has 0 fully saturated rings. The number of benzene rings is 1. The Labute approximate surface area is 170 Å². The molecule has 27 heavy (non-hydrogen) atoms. The van der Waals surface area contributed by atoms with E-state index < -0.39 is 18.4 Å². The standard InChI is InChI=1S/C12H10NO.3C4H9.Sn/c1-2-6-11(7-3-1)10-14-12-8-4-5-9-13-12;3*1-3-4-2;/h1-8H,10H2;3*1,3-4H2,2H3;. The van der Waals surface area contributed by atoms with Gasteiger partial charge in [0, 0.05) is 0 Å². The molecule has 2 nitrogen and oxygen atoms in total. The summed E-state index contributed by atoms with van der Waals surface area (Å²) in [7, 11) is 0. The summed E-state index contributed by atoms with van der Waals surface area (Å²) in [5, 5.41) is 0. The van der Waals surface area contributed by atoms with Crippen LogP contribution in [-0.2, 0) is 6.61 Å². The average molecular weight is 474 g/mol. The van der Waals surface area contributed by atoms with Crippen molar-refractivity contribution >= 4 is 22.1 Å². The van der Waals surface area contributed by atoms with Crippen molar-refractivity contribution in [3.63, 3.8) is 0 Å². The fraction of sp³-hybridized carbons (Fsp3) is 0.542. The third-order valence-corrected chi connectivity index (χ3v) is 20.6. The van der Waals surface area contributed by atoms with Gasteiger partial charge in [0.2, 0.25) is 0 Å². The minimum absolute atomic E-state index is 0.596. The Bertz CT molecular complexity index is 622. The second-order valence-electron chi connectivity index (χ2n) is 7.73. The summed E-state index contributed by atoms with van der Waals surface area (Å²) in [6, 6.07) is 16.9. The minimum atomic E-state index is -2.47. The van der Waals surface area contributed by atoms with E-state index in [0.29, 0.717) is 6.61 Å². The molecular weight excluding hydrogens is 437 g/mol. The number of rotatable bonds is 13. The van der Waals surface area contributed by atoms with Crippen LogP contribution in [0.5, 0.6) is 5.88 Å². The third-order valence-electron chi connectivity index (χ3n) is 5.52. The Balaban J connectivity index is 2.21. The number of unbranched alkanes of at least 4 members (excludes halogenated alkanes) is 3. The average Bonchev–Trinajstić information content (AvgIpc) is 2.73. The predicted octanol–water partition coefficient (Wildman–Crippen LogP) is 6.72. The summed E-state index contributed by atoms with van der Waals surface area (Å²) in [5.41, 5.74) is 1.20. The SMILES string of the molecule is CCC[CH2][Sn]([CH2]CCC)([CH2]CCC)[c]1cccc(OCc2ccccc2)n1. The van der Waals surface area contributed by atoms with Gasteiger partial charge in [0.15, 0.2) is 0 Å². The Morgan fingerprint density at radius 1 is 0.741 bits per heavy atom. The van der Waals surface area contributed by atoms with Gasteiger partial charge in [-0.15, -0.1) is 0 Å². The molecule has 0 aliphatic heterocycles. The normalized spacial score (nSPS) is 11.5. The molecule has 0 N–H and O–H groups in total. The van der Waals surface area contributed by atoms with Crippen LogP contribution in [0, 0.1) is 0 Å². The Morgan fingerprint density at radius 2 is 1.33 bits per heavy atom. The molecule has 0 aliphatic rings. The number of pyridine rings is 1. The van der Waals surface area contributed by atoms with E-state index >= 15 is 0 Å². The van der Waals surface area contributed by atoms with Gasteiger partial charge in [-0.25, -0.2) is 0 Å². The summed E-state index contributed by atoms with van der Waals surface area (Å²) >= 11 is -2.47. The first-order chi connectivity index (χ1) is 13.2. The molecule has 0 saturated heterocycles. The van der Waals surface area contributed by atoms with Crippen molar-refractivity contribution in [1.29, 1.82) is 0 Å². The summed E-state index contributed by atoms with van der Waals surface area (Å²) in [5.74, 6) is 0.807. The molecule has 0 saturated carbocycles. The van der Waals surface area contributed by atoms with Crippen LogP contribution in [0.4, 0.5) is 0 Å². The van der Waals surface area contributed by atoms with Crippen molar-refractivity contribution in [3.05, 3.63) is 54.1 Å². The van der Waals surface area contributed by atoms with Crippen molar-refractivity contribution in [2.75, 3.05) is 0 Å². The van der Waals surface area contributed by atoms with Crippen LogP contribution in [0.25, 0.3) is 0 Å². The second-order valence-corrected chi connectivity index (χ2v) is 20.8. The molecule has 0 radical (unpaired) electrons. The quantitative estimate of drug-likeness (QED) is 0.301. The Morgan fingerprint density at radius 3 is 1.89 bits per heavy atom. The summed E-state index contributed by atoms with van der Waals surface area (Å²) < 4.78 is 11.8. The number of nitrogens with zero attached hydrogens (tertiary/aromatic N) is 1. The van der Waals surface area contributed by atoms with E-state index in [4.69, 9.17) is 9.72 Å². The van der Waals surface area contributed by atoms with Crippen molar-refractivity contribution < 1.29 is 4.74 Å². The molecule has 1 aromatic heterocycles. The first-order valence-corrected chi connectivity index (χ1v) is 18.4. The maximum atomic E-state index is 6.06. The van der Waals surface area contributed by atoms with Crippen molar-refractivity contribution in [3.8, 4) is 5.88 Å². The van der Waals surface area contributed by atoms with Crippen LogP contribution < -0.4 is 8.45 Å². The molecule has 0 spiro atoms. The molecule has 0 aliphatic carbocycles. The van der Waals surface area contributed by atoms with Crippen LogP contribution in [0.15, 0.2) is 48.5 Å². The Hall–Kier alpha value is -1.03. The first-order valence-electron chi connectivity index (χ1n) is 10.9. The van der Waals surface area contributed by atoms with E-state index in [1.807, 2.05) is 12.1 Å². The zero-order valence-electron chi connectivity index (χ0n) is 17.5. The van der Waals surface area contributed by atoms with Crippen molar-refractivity contribution in [2.24, 2.45) is 0 Å². The third kappa shape index (κ3) is 7.13. The van der Waals surface area contributed by atoms with Crippen molar-refractivity contribution in [1.82, 2.24) is 4.98 Å². The molecule has 1 heterocycles. The molecule has 2 aromatic rings. The van der Waals surface area contributed by atoms with E-state index in [-0.39, 0.29) is 0 Å². The van der Waals surface area contributed by atoms with Gasteiger partial charge in [0.1, 0.15) is 0 Å². The van der Waals surface area contributed by atoms with Crippen LogP contribution in [0.3, 0.4) is 0 Å². The zero-order valence-corrected chi connectivity index (χ0v) is 20.4. The fourth-order valence-electron chi connectivity index (χ4n) is 3.83. The maximum absolute atomic E-state index is 6.06. The molecule has 0 bridgehead atoms. The van der Waals surface area contributed by atoms with Gasteiger partial charge in [0.25, 0.3) is 0 Å². The van der Waals surface area contributed by atoms with E-state index in [9.17, 15) is 0 Å². The molecule has 2 rings (SSSR count). The summed E-state index contributed by atoms with van der Waals surface area (Å²) in [6.07, 6.45) is 7.96. The number of hydrogen-bond donors (Lipinski definition) is 0. The summed E-state index contributed by atoms with van der Waals surface area (Å²) in [4.78, 5) is 5.09. The van der Waals surface area contributed by atoms with Gasteiger partial charge in [-0.1, -0.05) is 0 Å². The van der Waals surface area contributed by atoms with Gasteiger partial charge in [0.05, 0.1) is 0 Å². The number of ether oxygens (including phenoxy) is 1. The van der Waals surface area contributed by atoms with E-state index in [2.05, 4.69) is 57.2 Å². The topological polar surface area (TPSA) is 22.1 Å². The number of aromatic nitrogens is 1. The summed E-state index contributed by atoms with van der Waals surface area (Å²) in [6.45, 7) is 7.56. The molecule has 0 unspecified atom stereocenters. The monoisotopic (exact) mass is 475 g/mol. The number of hydrogen-bond acceptors (Lipinski definition) is 2. The molecule has 3 heteroatoms. The fourth-order valence-corrected chi connectivity index (χ4v) is 19.3.